The fourth-order valence-corrected chi connectivity index (χ4v) is 2.47. The molecule has 2 nitrogen and oxygen atoms in total. The highest BCUT2D eigenvalue weighted by Crippen LogP contribution is 2.14. The number of aliphatic imine (C=N–C) groups is 1. The maximum Gasteiger partial charge on any atom is 0.128 e. The van der Waals surface area contributed by atoms with Crippen LogP contribution in [0.15, 0.2) is 59.6 Å². The Balaban J connectivity index is 1.77. The second-order valence-corrected chi connectivity index (χ2v) is 4.80. The SMILES string of the molecule is c1ccc(CCc2ccccc2C2=NCCN2)cc1. The summed E-state index contributed by atoms with van der Waals surface area (Å²) >= 11 is 0. The minimum atomic E-state index is 0.891. The third kappa shape index (κ3) is 2.84. The summed E-state index contributed by atoms with van der Waals surface area (Å²) in [6.45, 7) is 1.85. The molecule has 3 rings (SSSR count). The first-order valence-corrected chi connectivity index (χ1v) is 6.84. The maximum atomic E-state index is 4.53. The number of hydrogen-bond donors (Lipinski definition) is 1. The van der Waals surface area contributed by atoms with Crippen molar-refractivity contribution in [2.45, 2.75) is 12.8 Å². The Labute approximate surface area is 114 Å². The molecule has 0 saturated carbocycles. The van der Waals surface area contributed by atoms with Gasteiger partial charge in [0.1, 0.15) is 5.84 Å². The minimum Gasteiger partial charge on any atom is -0.368 e. The van der Waals surface area contributed by atoms with Crippen molar-refractivity contribution >= 4 is 5.84 Å². The summed E-state index contributed by atoms with van der Waals surface area (Å²) in [5.41, 5.74) is 4.02. The second-order valence-electron chi connectivity index (χ2n) is 4.80. The fraction of sp³-hybridized carbons (Fsp3) is 0.235. The molecule has 1 aliphatic heterocycles. The predicted octanol–water partition coefficient (Wildman–Crippen LogP) is 2.82. The van der Waals surface area contributed by atoms with Crippen LogP contribution in [0, 0.1) is 0 Å². The first-order chi connectivity index (χ1) is 9.43. The van der Waals surface area contributed by atoms with E-state index in [1.165, 1.54) is 16.7 Å². The zero-order chi connectivity index (χ0) is 12.9. The average molecular weight is 250 g/mol. The van der Waals surface area contributed by atoms with Gasteiger partial charge in [0.2, 0.25) is 0 Å². The van der Waals surface area contributed by atoms with Gasteiger partial charge in [0.15, 0.2) is 0 Å². The summed E-state index contributed by atoms with van der Waals surface area (Å²) in [6, 6.07) is 19.2. The second kappa shape index (κ2) is 5.70. The molecule has 0 atom stereocenters. The smallest absolute Gasteiger partial charge is 0.128 e. The topological polar surface area (TPSA) is 24.4 Å². The van der Waals surface area contributed by atoms with Crippen LogP contribution in [-0.2, 0) is 12.8 Å². The molecule has 0 aliphatic carbocycles. The lowest BCUT2D eigenvalue weighted by Crippen LogP contribution is -2.21. The van der Waals surface area contributed by atoms with Crippen LogP contribution in [0.25, 0.3) is 0 Å². The van der Waals surface area contributed by atoms with Crippen molar-refractivity contribution in [2.24, 2.45) is 4.99 Å². The summed E-state index contributed by atoms with van der Waals surface area (Å²) in [4.78, 5) is 4.53. The highest BCUT2D eigenvalue weighted by Gasteiger charge is 2.11. The molecular weight excluding hydrogens is 232 g/mol. The molecule has 0 aromatic heterocycles. The van der Waals surface area contributed by atoms with E-state index in [0.717, 1.165) is 31.8 Å². The Bertz CT molecular complexity index is 573. The summed E-state index contributed by atoms with van der Waals surface area (Å²) < 4.78 is 0. The van der Waals surface area contributed by atoms with Gasteiger partial charge < -0.3 is 5.32 Å². The van der Waals surface area contributed by atoms with Crippen LogP contribution in [0.3, 0.4) is 0 Å². The van der Waals surface area contributed by atoms with Crippen LogP contribution in [0.4, 0.5) is 0 Å². The van der Waals surface area contributed by atoms with Gasteiger partial charge in [-0.3, -0.25) is 4.99 Å². The third-order valence-corrected chi connectivity index (χ3v) is 3.47. The number of hydrogen-bond acceptors (Lipinski definition) is 2. The number of aryl methyl sites for hydroxylation is 2. The normalized spacial score (nSPS) is 14.0. The Morgan fingerprint density at radius 3 is 2.47 bits per heavy atom. The molecule has 0 amide bonds. The van der Waals surface area contributed by atoms with Crippen LogP contribution in [0.5, 0.6) is 0 Å². The van der Waals surface area contributed by atoms with Gasteiger partial charge in [0.05, 0.1) is 6.54 Å². The molecule has 2 aromatic rings. The molecule has 1 N–H and O–H groups in total. The molecule has 1 heterocycles. The molecular formula is C17H18N2. The number of amidine groups is 1. The zero-order valence-corrected chi connectivity index (χ0v) is 11.0. The van der Waals surface area contributed by atoms with Crippen LogP contribution < -0.4 is 5.32 Å². The van der Waals surface area contributed by atoms with Gasteiger partial charge in [-0.1, -0.05) is 54.6 Å². The standard InChI is InChI=1S/C17H18N2/c1-2-6-14(7-3-1)10-11-15-8-4-5-9-16(15)17-18-12-13-19-17/h1-9H,10-13H2,(H,18,19). The monoisotopic (exact) mass is 250 g/mol. The highest BCUT2D eigenvalue weighted by atomic mass is 15.1. The van der Waals surface area contributed by atoms with Crippen LogP contribution >= 0.6 is 0 Å². The highest BCUT2D eigenvalue weighted by molar-refractivity contribution is 6.01. The predicted molar refractivity (Wildman–Crippen MR) is 79.7 cm³/mol. The van der Waals surface area contributed by atoms with Crippen molar-refractivity contribution in [3.8, 4) is 0 Å². The van der Waals surface area contributed by atoms with Gasteiger partial charge in [-0.15, -0.1) is 0 Å². The molecule has 0 spiro atoms. The average Bonchev–Trinajstić information content (AvgIpc) is 3.01. The van der Waals surface area contributed by atoms with Crippen molar-refractivity contribution in [3.63, 3.8) is 0 Å². The summed E-state index contributed by atoms with van der Waals surface area (Å²) in [7, 11) is 0. The van der Waals surface area contributed by atoms with Gasteiger partial charge in [-0.25, -0.2) is 0 Å². The molecule has 19 heavy (non-hydrogen) atoms. The van der Waals surface area contributed by atoms with Crippen molar-refractivity contribution in [2.75, 3.05) is 13.1 Å². The van der Waals surface area contributed by atoms with Crippen LogP contribution in [0.2, 0.25) is 0 Å². The minimum absolute atomic E-state index is 0.891. The number of nitrogens with zero attached hydrogens (tertiary/aromatic N) is 1. The molecule has 0 saturated heterocycles. The lowest BCUT2D eigenvalue weighted by molar-refractivity contribution is 0.946. The first kappa shape index (κ1) is 12.0. The zero-order valence-electron chi connectivity index (χ0n) is 11.0. The lowest BCUT2D eigenvalue weighted by Gasteiger charge is -2.10. The van der Waals surface area contributed by atoms with Crippen molar-refractivity contribution in [1.29, 1.82) is 0 Å². The molecule has 0 radical (unpaired) electrons. The Morgan fingerprint density at radius 1 is 0.895 bits per heavy atom. The van der Waals surface area contributed by atoms with Crippen LogP contribution in [-0.4, -0.2) is 18.9 Å². The van der Waals surface area contributed by atoms with Crippen molar-refractivity contribution < 1.29 is 0 Å². The summed E-state index contributed by atoms with van der Waals surface area (Å²) in [5, 5.41) is 3.36. The van der Waals surface area contributed by atoms with E-state index in [1.54, 1.807) is 0 Å². The van der Waals surface area contributed by atoms with E-state index in [2.05, 4.69) is 64.9 Å². The van der Waals surface area contributed by atoms with Crippen molar-refractivity contribution in [3.05, 3.63) is 71.3 Å². The molecule has 0 bridgehead atoms. The van der Waals surface area contributed by atoms with Gasteiger partial charge in [-0.05, 0) is 24.0 Å². The number of benzene rings is 2. The molecule has 1 aliphatic rings. The molecule has 96 valence electrons. The Hall–Kier alpha value is -2.09. The van der Waals surface area contributed by atoms with E-state index in [4.69, 9.17) is 0 Å². The molecule has 0 fully saturated rings. The van der Waals surface area contributed by atoms with Crippen LogP contribution in [0.1, 0.15) is 16.7 Å². The van der Waals surface area contributed by atoms with E-state index in [1.807, 2.05) is 0 Å². The van der Waals surface area contributed by atoms with Gasteiger partial charge in [-0.2, -0.15) is 0 Å². The van der Waals surface area contributed by atoms with Gasteiger partial charge in [0, 0.05) is 12.1 Å². The molecule has 2 aromatic carbocycles. The lowest BCUT2D eigenvalue weighted by atomic mass is 9.99. The number of nitrogens with one attached hydrogen (secondary N) is 1. The van der Waals surface area contributed by atoms with Crippen molar-refractivity contribution in [1.82, 2.24) is 5.32 Å². The summed E-state index contributed by atoms with van der Waals surface area (Å²) in [6.07, 6.45) is 2.13. The molecule has 2 heteroatoms. The fourth-order valence-electron chi connectivity index (χ4n) is 2.47. The van der Waals surface area contributed by atoms with E-state index >= 15 is 0 Å². The quantitative estimate of drug-likeness (QED) is 0.886. The number of rotatable bonds is 4. The largest absolute Gasteiger partial charge is 0.368 e. The van der Waals surface area contributed by atoms with Gasteiger partial charge in [0.25, 0.3) is 0 Å². The van der Waals surface area contributed by atoms with E-state index < -0.39 is 0 Å². The summed E-state index contributed by atoms with van der Waals surface area (Å²) in [5.74, 6) is 1.06. The van der Waals surface area contributed by atoms with Gasteiger partial charge >= 0.3 is 0 Å². The maximum absolute atomic E-state index is 4.53. The first-order valence-electron chi connectivity index (χ1n) is 6.84. The van der Waals surface area contributed by atoms with E-state index in [9.17, 15) is 0 Å². The molecule has 0 unspecified atom stereocenters. The van der Waals surface area contributed by atoms with E-state index in [0.29, 0.717) is 0 Å². The Kier molecular flexibility index (Phi) is 3.59. The van der Waals surface area contributed by atoms with E-state index in [-0.39, 0.29) is 0 Å². The Morgan fingerprint density at radius 2 is 1.68 bits per heavy atom. The third-order valence-electron chi connectivity index (χ3n) is 3.47.